The molecule has 0 saturated carbocycles. The highest BCUT2D eigenvalue weighted by Gasteiger charge is 2.16. The summed E-state index contributed by atoms with van der Waals surface area (Å²) in [7, 11) is 1.72. The van der Waals surface area contributed by atoms with Crippen molar-refractivity contribution in [3.8, 4) is 0 Å². The summed E-state index contributed by atoms with van der Waals surface area (Å²) in [4.78, 5) is 0. The fourth-order valence-electron chi connectivity index (χ4n) is 1.19. The molecule has 1 saturated heterocycles. The first-order valence-electron chi connectivity index (χ1n) is 3.69. The van der Waals surface area contributed by atoms with Crippen molar-refractivity contribution < 1.29 is 9.47 Å². The van der Waals surface area contributed by atoms with E-state index in [-0.39, 0.29) is 6.04 Å². The Kier molecular flexibility index (Phi) is 3.12. The minimum atomic E-state index is 0.160. The molecule has 0 aromatic rings. The van der Waals surface area contributed by atoms with E-state index < -0.39 is 0 Å². The molecular formula is C7H15NO2. The average molecular weight is 145 g/mol. The van der Waals surface area contributed by atoms with Crippen LogP contribution in [0.1, 0.15) is 12.8 Å². The van der Waals surface area contributed by atoms with Gasteiger partial charge in [0.1, 0.15) is 0 Å². The monoisotopic (exact) mass is 145 g/mol. The van der Waals surface area contributed by atoms with Gasteiger partial charge in [-0.3, -0.25) is 0 Å². The topological polar surface area (TPSA) is 44.5 Å². The Morgan fingerprint density at radius 2 is 2.40 bits per heavy atom. The van der Waals surface area contributed by atoms with E-state index in [2.05, 4.69) is 0 Å². The van der Waals surface area contributed by atoms with Crippen molar-refractivity contribution in [3.63, 3.8) is 0 Å². The molecule has 0 aromatic heterocycles. The maximum absolute atomic E-state index is 5.70. The third kappa shape index (κ3) is 2.25. The summed E-state index contributed by atoms with van der Waals surface area (Å²) in [5, 5.41) is 0. The van der Waals surface area contributed by atoms with Crippen LogP contribution in [0.3, 0.4) is 0 Å². The molecular weight excluding hydrogens is 130 g/mol. The highest BCUT2D eigenvalue weighted by atomic mass is 16.5. The third-order valence-electron chi connectivity index (χ3n) is 1.82. The van der Waals surface area contributed by atoms with E-state index in [4.69, 9.17) is 15.2 Å². The number of methoxy groups -OCH3 is 1. The minimum absolute atomic E-state index is 0.160. The van der Waals surface area contributed by atoms with Crippen molar-refractivity contribution in [2.24, 2.45) is 5.73 Å². The van der Waals surface area contributed by atoms with E-state index >= 15 is 0 Å². The van der Waals surface area contributed by atoms with Gasteiger partial charge >= 0.3 is 0 Å². The highest BCUT2D eigenvalue weighted by Crippen LogP contribution is 2.09. The molecule has 0 amide bonds. The second kappa shape index (κ2) is 3.91. The van der Waals surface area contributed by atoms with Gasteiger partial charge in [0, 0.05) is 19.8 Å². The molecule has 3 heteroatoms. The SMILES string of the molecule is CO[C@@H]1CCOC[C@@H](N)C1. The molecule has 0 radical (unpaired) electrons. The van der Waals surface area contributed by atoms with E-state index in [9.17, 15) is 0 Å². The van der Waals surface area contributed by atoms with E-state index in [0.29, 0.717) is 12.7 Å². The normalized spacial score (nSPS) is 35.4. The summed E-state index contributed by atoms with van der Waals surface area (Å²) >= 11 is 0. The molecule has 10 heavy (non-hydrogen) atoms. The Balaban J connectivity index is 2.30. The largest absolute Gasteiger partial charge is 0.381 e. The molecule has 2 N–H and O–H groups in total. The van der Waals surface area contributed by atoms with Gasteiger partial charge < -0.3 is 15.2 Å². The van der Waals surface area contributed by atoms with Crippen LogP contribution in [-0.2, 0) is 9.47 Å². The Morgan fingerprint density at radius 3 is 3.10 bits per heavy atom. The molecule has 1 fully saturated rings. The summed E-state index contributed by atoms with van der Waals surface area (Å²) in [5.74, 6) is 0. The summed E-state index contributed by atoms with van der Waals surface area (Å²) in [6, 6.07) is 0.160. The lowest BCUT2D eigenvalue weighted by atomic mass is 10.1. The van der Waals surface area contributed by atoms with Crippen molar-refractivity contribution in [1.82, 2.24) is 0 Å². The molecule has 3 nitrogen and oxygen atoms in total. The zero-order valence-corrected chi connectivity index (χ0v) is 6.38. The van der Waals surface area contributed by atoms with Crippen LogP contribution in [0.15, 0.2) is 0 Å². The van der Waals surface area contributed by atoms with Crippen LogP contribution in [0.25, 0.3) is 0 Å². The maximum atomic E-state index is 5.70. The Morgan fingerprint density at radius 1 is 1.60 bits per heavy atom. The summed E-state index contributed by atoms with van der Waals surface area (Å²) in [5.41, 5.74) is 5.70. The molecule has 0 bridgehead atoms. The number of hydrogen-bond donors (Lipinski definition) is 1. The van der Waals surface area contributed by atoms with Gasteiger partial charge in [-0.2, -0.15) is 0 Å². The predicted octanol–water partition coefficient (Wildman–Crippen LogP) is 0.139. The fourth-order valence-corrected chi connectivity index (χ4v) is 1.19. The van der Waals surface area contributed by atoms with Gasteiger partial charge in [0.2, 0.25) is 0 Å². The van der Waals surface area contributed by atoms with Crippen molar-refractivity contribution >= 4 is 0 Å². The van der Waals surface area contributed by atoms with Crippen molar-refractivity contribution in [2.45, 2.75) is 25.0 Å². The van der Waals surface area contributed by atoms with Crippen molar-refractivity contribution in [3.05, 3.63) is 0 Å². The van der Waals surface area contributed by atoms with E-state index in [1.165, 1.54) is 0 Å². The number of rotatable bonds is 1. The summed E-state index contributed by atoms with van der Waals surface area (Å²) in [6.45, 7) is 1.46. The first-order chi connectivity index (χ1) is 4.83. The lowest BCUT2D eigenvalue weighted by Crippen LogP contribution is -2.28. The molecule has 0 aromatic carbocycles. The molecule has 2 atom stereocenters. The molecule has 1 aliphatic heterocycles. The van der Waals surface area contributed by atoms with Gasteiger partial charge in [0.25, 0.3) is 0 Å². The minimum Gasteiger partial charge on any atom is -0.381 e. The van der Waals surface area contributed by atoms with Gasteiger partial charge in [0.05, 0.1) is 12.7 Å². The maximum Gasteiger partial charge on any atom is 0.0618 e. The van der Waals surface area contributed by atoms with Crippen LogP contribution in [0, 0.1) is 0 Å². The van der Waals surface area contributed by atoms with E-state index in [1.54, 1.807) is 7.11 Å². The van der Waals surface area contributed by atoms with Crippen LogP contribution < -0.4 is 5.73 Å². The molecule has 60 valence electrons. The van der Waals surface area contributed by atoms with Crippen molar-refractivity contribution in [2.75, 3.05) is 20.3 Å². The Bertz CT molecular complexity index is 97.6. The molecule has 0 spiro atoms. The van der Waals surface area contributed by atoms with Gasteiger partial charge in [-0.1, -0.05) is 0 Å². The predicted molar refractivity (Wildman–Crippen MR) is 38.8 cm³/mol. The first kappa shape index (κ1) is 7.98. The smallest absolute Gasteiger partial charge is 0.0618 e. The Hall–Kier alpha value is -0.120. The molecule has 1 heterocycles. The van der Waals surface area contributed by atoms with Crippen LogP contribution in [0.4, 0.5) is 0 Å². The van der Waals surface area contributed by atoms with E-state index in [0.717, 1.165) is 19.4 Å². The molecule has 1 rings (SSSR count). The van der Waals surface area contributed by atoms with Gasteiger partial charge in [-0.25, -0.2) is 0 Å². The van der Waals surface area contributed by atoms with Crippen LogP contribution >= 0.6 is 0 Å². The number of ether oxygens (including phenoxy) is 2. The van der Waals surface area contributed by atoms with Gasteiger partial charge in [0.15, 0.2) is 0 Å². The average Bonchev–Trinajstić information content (AvgIpc) is 2.13. The van der Waals surface area contributed by atoms with Crippen LogP contribution in [0.2, 0.25) is 0 Å². The van der Waals surface area contributed by atoms with Crippen LogP contribution in [-0.4, -0.2) is 32.5 Å². The third-order valence-corrected chi connectivity index (χ3v) is 1.82. The second-order valence-electron chi connectivity index (χ2n) is 2.72. The van der Waals surface area contributed by atoms with Gasteiger partial charge in [-0.15, -0.1) is 0 Å². The highest BCUT2D eigenvalue weighted by molar-refractivity contribution is 4.71. The number of hydrogen-bond acceptors (Lipinski definition) is 3. The second-order valence-corrected chi connectivity index (χ2v) is 2.72. The zero-order valence-electron chi connectivity index (χ0n) is 6.38. The molecule has 0 unspecified atom stereocenters. The summed E-state index contributed by atoms with van der Waals surface area (Å²) < 4.78 is 10.4. The molecule has 1 aliphatic rings. The number of nitrogens with two attached hydrogens (primary N) is 1. The molecule has 0 aliphatic carbocycles. The standard InChI is InChI=1S/C7H15NO2/c1-9-7-2-3-10-5-6(8)4-7/h6-7H,2-5,8H2,1H3/t6-,7+/m0/s1. The lowest BCUT2D eigenvalue weighted by molar-refractivity contribution is 0.0780. The fraction of sp³-hybridized carbons (Fsp3) is 1.00. The zero-order chi connectivity index (χ0) is 7.40. The quantitative estimate of drug-likeness (QED) is 0.570. The Labute approximate surface area is 61.5 Å². The summed E-state index contributed by atoms with van der Waals surface area (Å²) in [6.07, 6.45) is 2.21. The van der Waals surface area contributed by atoms with E-state index in [1.807, 2.05) is 0 Å². The van der Waals surface area contributed by atoms with Gasteiger partial charge in [-0.05, 0) is 12.8 Å². The first-order valence-corrected chi connectivity index (χ1v) is 3.69. The van der Waals surface area contributed by atoms with Crippen molar-refractivity contribution in [1.29, 1.82) is 0 Å². The lowest BCUT2D eigenvalue weighted by Gasteiger charge is -2.13. The van der Waals surface area contributed by atoms with Crippen LogP contribution in [0.5, 0.6) is 0 Å².